The van der Waals surface area contributed by atoms with Gasteiger partial charge in [-0.1, -0.05) is 6.08 Å². The number of aromatic amines is 1. The number of aryl methyl sites for hydroxylation is 1. The number of nitrogens with one attached hydrogen (secondary N) is 2. The van der Waals surface area contributed by atoms with Crippen molar-refractivity contribution in [3.8, 4) is 0 Å². The van der Waals surface area contributed by atoms with E-state index in [1.165, 1.54) is 13.0 Å². The lowest BCUT2D eigenvalue weighted by Crippen LogP contribution is -2.32. The van der Waals surface area contributed by atoms with Crippen molar-refractivity contribution in [1.82, 2.24) is 14.9 Å². The van der Waals surface area contributed by atoms with Crippen molar-refractivity contribution in [2.24, 2.45) is 0 Å². The molecule has 0 aromatic carbocycles. The van der Waals surface area contributed by atoms with Gasteiger partial charge in [-0.3, -0.25) is 5.10 Å². The Hall–Kier alpha value is -1.67. The highest BCUT2D eigenvalue weighted by Crippen LogP contribution is 2.17. The molecule has 0 aliphatic carbocycles. The quantitative estimate of drug-likeness (QED) is 0.657. The van der Waals surface area contributed by atoms with Gasteiger partial charge in [0, 0.05) is 6.04 Å². The fourth-order valence-electron chi connectivity index (χ4n) is 1.24. The zero-order chi connectivity index (χ0) is 13.2. The van der Waals surface area contributed by atoms with E-state index in [-0.39, 0.29) is 10.6 Å². The second kappa shape index (κ2) is 4.68. The van der Waals surface area contributed by atoms with Gasteiger partial charge in [0.1, 0.15) is 4.90 Å². The van der Waals surface area contributed by atoms with Crippen molar-refractivity contribution >= 4 is 16.0 Å². The van der Waals surface area contributed by atoms with Gasteiger partial charge in [-0.05, 0) is 13.8 Å². The van der Waals surface area contributed by atoms with Gasteiger partial charge in [-0.25, -0.2) is 17.9 Å². The monoisotopic (exact) mass is 259 g/mol. The van der Waals surface area contributed by atoms with E-state index in [0.29, 0.717) is 0 Å². The molecule has 0 amide bonds. The molecule has 0 saturated heterocycles. The van der Waals surface area contributed by atoms with Crippen LogP contribution in [0.2, 0.25) is 0 Å². The van der Waals surface area contributed by atoms with Crippen molar-refractivity contribution in [2.75, 3.05) is 0 Å². The van der Waals surface area contributed by atoms with Crippen LogP contribution in [0.4, 0.5) is 0 Å². The van der Waals surface area contributed by atoms with Crippen LogP contribution in [0.5, 0.6) is 0 Å². The number of nitrogens with zero attached hydrogens (tertiary/aromatic N) is 1. The molecule has 8 heteroatoms. The first-order chi connectivity index (χ1) is 7.79. The summed E-state index contributed by atoms with van der Waals surface area (Å²) < 4.78 is 26.1. The van der Waals surface area contributed by atoms with Gasteiger partial charge >= 0.3 is 5.97 Å². The van der Waals surface area contributed by atoms with Crippen LogP contribution in [0.1, 0.15) is 23.1 Å². The Labute approximate surface area is 98.6 Å². The van der Waals surface area contributed by atoms with E-state index < -0.39 is 27.7 Å². The zero-order valence-corrected chi connectivity index (χ0v) is 10.2. The maximum Gasteiger partial charge on any atom is 0.357 e. The summed E-state index contributed by atoms with van der Waals surface area (Å²) in [6.45, 7) is 6.46. The average Bonchev–Trinajstić information content (AvgIpc) is 2.60. The number of carboxylic acid groups (broad SMARTS) is 1. The standard InChI is InChI=1S/C9H13N3O4S/c1-4-5(2)12-17(15,16)8-6(3)10-11-7(8)9(13)14/h4-5,12H,1H2,2-3H3,(H,10,11)(H,13,14). The third kappa shape index (κ3) is 2.71. The Morgan fingerprint density at radius 2 is 2.24 bits per heavy atom. The molecular weight excluding hydrogens is 246 g/mol. The second-order valence-corrected chi connectivity index (χ2v) is 5.13. The first-order valence-electron chi connectivity index (χ1n) is 4.72. The Balaban J connectivity index is 3.28. The summed E-state index contributed by atoms with van der Waals surface area (Å²) in [7, 11) is -3.93. The SMILES string of the molecule is C=CC(C)NS(=O)(=O)c1c(C(=O)O)n[nH]c1C. The summed E-state index contributed by atoms with van der Waals surface area (Å²) in [5, 5.41) is 14.6. The third-order valence-electron chi connectivity index (χ3n) is 2.06. The van der Waals surface area contributed by atoms with Crippen LogP contribution >= 0.6 is 0 Å². The molecule has 1 atom stereocenters. The Kier molecular flexibility index (Phi) is 3.69. The molecule has 1 heterocycles. The van der Waals surface area contributed by atoms with Crippen molar-refractivity contribution < 1.29 is 18.3 Å². The van der Waals surface area contributed by atoms with E-state index in [1.807, 2.05) is 0 Å². The maximum absolute atomic E-state index is 11.9. The molecular formula is C9H13N3O4S. The summed E-state index contributed by atoms with van der Waals surface area (Å²) in [4.78, 5) is 10.5. The lowest BCUT2D eigenvalue weighted by molar-refractivity contribution is 0.0686. The predicted molar refractivity (Wildman–Crippen MR) is 60.3 cm³/mol. The largest absolute Gasteiger partial charge is 0.476 e. The molecule has 17 heavy (non-hydrogen) atoms. The van der Waals surface area contributed by atoms with Crippen LogP contribution in [0.15, 0.2) is 17.6 Å². The third-order valence-corrected chi connectivity index (χ3v) is 3.78. The smallest absolute Gasteiger partial charge is 0.357 e. The van der Waals surface area contributed by atoms with Gasteiger partial charge in [-0.2, -0.15) is 5.10 Å². The van der Waals surface area contributed by atoms with Crippen LogP contribution in [0.25, 0.3) is 0 Å². The van der Waals surface area contributed by atoms with Crippen LogP contribution in [0.3, 0.4) is 0 Å². The van der Waals surface area contributed by atoms with E-state index in [9.17, 15) is 13.2 Å². The minimum atomic E-state index is -3.93. The molecule has 0 aliphatic heterocycles. The summed E-state index contributed by atoms with van der Waals surface area (Å²) >= 11 is 0. The molecule has 0 radical (unpaired) electrons. The molecule has 7 nitrogen and oxygen atoms in total. The van der Waals surface area contributed by atoms with Crippen molar-refractivity contribution in [1.29, 1.82) is 0 Å². The molecule has 1 aromatic heterocycles. The molecule has 0 saturated carbocycles. The molecule has 0 fully saturated rings. The number of carbonyl (C=O) groups is 1. The van der Waals surface area contributed by atoms with Crippen LogP contribution < -0.4 is 4.72 Å². The lowest BCUT2D eigenvalue weighted by atomic mass is 10.4. The topological polar surface area (TPSA) is 112 Å². The van der Waals surface area contributed by atoms with Crippen molar-refractivity contribution in [2.45, 2.75) is 24.8 Å². The molecule has 1 rings (SSSR count). The number of carboxylic acids is 1. The molecule has 1 aromatic rings. The van der Waals surface area contributed by atoms with Crippen molar-refractivity contribution in [3.05, 3.63) is 24.0 Å². The Morgan fingerprint density at radius 1 is 1.65 bits per heavy atom. The number of aromatic carboxylic acids is 1. The molecule has 0 spiro atoms. The van der Waals surface area contributed by atoms with Crippen LogP contribution in [-0.4, -0.2) is 35.7 Å². The zero-order valence-electron chi connectivity index (χ0n) is 9.39. The van der Waals surface area contributed by atoms with E-state index in [4.69, 9.17) is 5.11 Å². The number of aromatic nitrogens is 2. The van der Waals surface area contributed by atoms with Crippen molar-refractivity contribution in [3.63, 3.8) is 0 Å². The van der Waals surface area contributed by atoms with E-state index in [2.05, 4.69) is 21.5 Å². The predicted octanol–water partition coefficient (Wildman–Crippen LogP) is 0.269. The number of hydrogen-bond acceptors (Lipinski definition) is 4. The average molecular weight is 259 g/mol. The maximum atomic E-state index is 11.9. The van der Waals surface area contributed by atoms with E-state index >= 15 is 0 Å². The molecule has 94 valence electrons. The first kappa shape index (κ1) is 13.4. The Morgan fingerprint density at radius 3 is 2.71 bits per heavy atom. The van der Waals surface area contributed by atoms with Gasteiger partial charge in [0.05, 0.1) is 5.69 Å². The van der Waals surface area contributed by atoms with E-state index in [1.54, 1.807) is 6.92 Å². The highest BCUT2D eigenvalue weighted by Gasteiger charge is 2.28. The second-order valence-electron chi connectivity index (χ2n) is 3.48. The fourth-order valence-corrected chi connectivity index (χ4v) is 2.78. The highest BCUT2D eigenvalue weighted by atomic mass is 32.2. The normalized spacial score (nSPS) is 13.3. The number of H-pyrrole nitrogens is 1. The molecule has 0 bridgehead atoms. The minimum Gasteiger partial charge on any atom is -0.476 e. The van der Waals surface area contributed by atoms with Gasteiger partial charge in [0.15, 0.2) is 5.69 Å². The summed E-state index contributed by atoms with van der Waals surface area (Å²) in [5.41, 5.74) is -0.350. The molecule has 1 unspecified atom stereocenters. The summed E-state index contributed by atoms with van der Waals surface area (Å²) in [5.74, 6) is -1.40. The van der Waals surface area contributed by atoms with Gasteiger partial charge < -0.3 is 5.11 Å². The highest BCUT2D eigenvalue weighted by molar-refractivity contribution is 7.89. The molecule has 0 aliphatic rings. The van der Waals surface area contributed by atoms with Gasteiger partial charge in [0.25, 0.3) is 0 Å². The summed E-state index contributed by atoms with van der Waals surface area (Å²) in [6.07, 6.45) is 1.40. The van der Waals surface area contributed by atoms with Crippen LogP contribution in [0, 0.1) is 6.92 Å². The van der Waals surface area contributed by atoms with Gasteiger partial charge in [0.2, 0.25) is 10.0 Å². The first-order valence-corrected chi connectivity index (χ1v) is 6.21. The number of sulfonamides is 1. The lowest BCUT2D eigenvalue weighted by Gasteiger charge is -2.09. The fraction of sp³-hybridized carbons (Fsp3) is 0.333. The number of hydrogen-bond donors (Lipinski definition) is 3. The van der Waals surface area contributed by atoms with Crippen LogP contribution in [-0.2, 0) is 10.0 Å². The Bertz CT molecular complexity index is 547. The summed E-state index contributed by atoms with van der Waals surface area (Å²) in [6, 6.07) is -0.504. The molecule has 3 N–H and O–H groups in total. The van der Waals surface area contributed by atoms with Gasteiger partial charge in [-0.15, -0.1) is 6.58 Å². The van der Waals surface area contributed by atoms with E-state index in [0.717, 1.165) is 0 Å². The minimum absolute atomic E-state index is 0.172. The number of rotatable bonds is 5.